The van der Waals surface area contributed by atoms with Gasteiger partial charge in [-0.3, -0.25) is 4.99 Å². The number of nitrogens with zero attached hydrogens (tertiary/aromatic N) is 3. The Hall–Kier alpha value is -2.35. The monoisotopic (exact) mass is 666 g/mol. The first-order valence-electron chi connectivity index (χ1n) is 17.9. The van der Waals surface area contributed by atoms with Crippen molar-refractivity contribution in [3.05, 3.63) is 58.4 Å². The zero-order valence-electron chi connectivity index (χ0n) is 29.9. The molecule has 5 rings (SSSR count). The predicted molar refractivity (Wildman–Crippen MR) is 194 cm³/mol. The van der Waals surface area contributed by atoms with Gasteiger partial charge in [-0.15, -0.1) is 0 Å². The third-order valence-electron chi connectivity index (χ3n) is 10.5. The van der Waals surface area contributed by atoms with Crippen LogP contribution in [0.4, 0.5) is 4.79 Å². The van der Waals surface area contributed by atoms with E-state index in [0.717, 1.165) is 75.4 Å². The second kappa shape index (κ2) is 14.6. The van der Waals surface area contributed by atoms with Gasteiger partial charge >= 0.3 is 6.03 Å². The van der Waals surface area contributed by atoms with E-state index < -0.39 is 5.60 Å². The Morgan fingerprint density at radius 2 is 1.94 bits per heavy atom. The molecule has 47 heavy (non-hydrogen) atoms. The first-order chi connectivity index (χ1) is 22.1. The van der Waals surface area contributed by atoms with Crippen LogP contribution in [0.25, 0.3) is 0 Å². The molecule has 8 heteroatoms. The summed E-state index contributed by atoms with van der Waals surface area (Å²) in [5, 5.41) is 15.2. The number of amides is 2. The number of halogens is 1. The molecule has 0 aromatic rings. The first kappa shape index (κ1) is 35.9. The maximum Gasteiger partial charge on any atom is 0.318 e. The number of ether oxygens (including phenoxy) is 1. The lowest BCUT2D eigenvalue weighted by Crippen LogP contribution is -2.55. The minimum atomic E-state index is -0.785. The maximum absolute atomic E-state index is 14.0. The maximum atomic E-state index is 14.0. The summed E-state index contributed by atoms with van der Waals surface area (Å²) in [7, 11) is 0. The van der Waals surface area contributed by atoms with Crippen LogP contribution in [0.1, 0.15) is 93.4 Å². The molecule has 3 aliphatic heterocycles. The molecule has 5 aliphatic rings. The van der Waals surface area contributed by atoms with Gasteiger partial charge in [-0.25, -0.2) is 4.79 Å². The summed E-state index contributed by atoms with van der Waals surface area (Å²) < 4.78 is 6.33. The van der Waals surface area contributed by atoms with Crippen LogP contribution < -0.4 is 5.32 Å². The number of aliphatic imine (C=N–C) groups is 1. The normalized spacial score (nSPS) is 28.2. The second-order valence-electron chi connectivity index (χ2n) is 17.0. The van der Waals surface area contributed by atoms with Crippen molar-refractivity contribution in [1.82, 2.24) is 15.1 Å². The summed E-state index contributed by atoms with van der Waals surface area (Å²) in [5.74, 6) is 1.68. The third kappa shape index (κ3) is 9.64. The number of likely N-dealkylation sites (tertiary alicyclic amines) is 1. The van der Waals surface area contributed by atoms with E-state index >= 15 is 0 Å². The highest BCUT2D eigenvalue weighted by atomic mass is 35.5. The molecule has 3 heterocycles. The Morgan fingerprint density at radius 3 is 2.64 bits per heavy atom. The number of nitrogens with one attached hydrogen (secondary N) is 1. The van der Waals surface area contributed by atoms with Crippen LogP contribution in [0.3, 0.4) is 0 Å². The largest absolute Gasteiger partial charge is 0.491 e. The molecule has 1 saturated heterocycles. The van der Waals surface area contributed by atoms with Gasteiger partial charge in [0.1, 0.15) is 12.4 Å². The van der Waals surface area contributed by atoms with Gasteiger partial charge in [0.05, 0.1) is 11.6 Å². The van der Waals surface area contributed by atoms with Crippen LogP contribution in [-0.2, 0) is 4.74 Å². The van der Waals surface area contributed by atoms with Gasteiger partial charge in [0, 0.05) is 54.3 Å². The summed E-state index contributed by atoms with van der Waals surface area (Å²) in [6.07, 6.45) is 21.2. The first-order valence-corrected chi connectivity index (χ1v) is 18.3. The van der Waals surface area contributed by atoms with Crippen LogP contribution in [0.15, 0.2) is 63.4 Å². The average Bonchev–Trinajstić information content (AvgIpc) is 3.38. The molecule has 260 valence electrons. The molecule has 5 atom stereocenters. The van der Waals surface area contributed by atoms with Gasteiger partial charge in [-0.2, -0.15) is 0 Å². The van der Waals surface area contributed by atoms with Gasteiger partial charge in [-0.1, -0.05) is 56.2 Å². The van der Waals surface area contributed by atoms with Crippen LogP contribution in [0, 0.1) is 23.2 Å². The summed E-state index contributed by atoms with van der Waals surface area (Å²) in [6, 6.07) is 0.321. The molecular weight excluding hydrogens is 608 g/mol. The van der Waals surface area contributed by atoms with E-state index in [2.05, 4.69) is 80.1 Å². The lowest BCUT2D eigenvalue weighted by Gasteiger charge is -2.38. The summed E-state index contributed by atoms with van der Waals surface area (Å²) in [5.41, 5.74) is 1.62. The number of fused-ring (bicyclic) bond motifs is 1. The van der Waals surface area contributed by atoms with E-state index in [9.17, 15) is 9.90 Å². The highest BCUT2D eigenvalue weighted by Gasteiger charge is 2.40. The highest BCUT2D eigenvalue weighted by Crippen LogP contribution is 2.44. The minimum Gasteiger partial charge on any atom is -0.491 e. The summed E-state index contributed by atoms with van der Waals surface area (Å²) in [4.78, 5) is 23.4. The number of allylic oxidation sites excluding steroid dienone is 6. The highest BCUT2D eigenvalue weighted by molar-refractivity contribution is 6.29. The molecule has 0 spiro atoms. The summed E-state index contributed by atoms with van der Waals surface area (Å²) in [6.45, 7) is 18.9. The fourth-order valence-corrected chi connectivity index (χ4v) is 8.64. The minimum absolute atomic E-state index is 0.0352. The van der Waals surface area contributed by atoms with Crippen molar-refractivity contribution in [3.63, 3.8) is 0 Å². The van der Waals surface area contributed by atoms with Crippen molar-refractivity contribution in [3.8, 4) is 0 Å². The van der Waals surface area contributed by atoms with E-state index in [0.29, 0.717) is 25.0 Å². The number of carbonyl (C=O) groups excluding carboxylic acids is 1. The molecule has 4 unspecified atom stereocenters. The van der Waals surface area contributed by atoms with Crippen molar-refractivity contribution in [1.29, 1.82) is 0 Å². The van der Waals surface area contributed by atoms with Gasteiger partial charge in [0.15, 0.2) is 0 Å². The number of urea groups is 1. The van der Waals surface area contributed by atoms with Crippen molar-refractivity contribution >= 4 is 23.8 Å². The molecule has 0 bridgehead atoms. The van der Waals surface area contributed by atoms with Gasteiger partial charge in [-0.05, 0) is 114 Å². The van der Waals surface area contributed by atoms with Crippen LogP contribution in [0.5, 0.6) is 0 Å². The molecule has 7 nitrogen and oxygen atoms in total. The lowest BCUT2D eigenvalue weighted by molar-refractivity contribution is 0.0344. The molecule has 0 aromatic heterocycles. The topological polar surface area (TPSA) is 77.4 Å². The zero-order chi connectivity index (χ0) is 34.0. The Labute approximate surface area is 288 Å². The van der Waals surface area contributed by atoms with E-state index in [1.54, 1.807) is 0 Å². The van der Waals surface area contributed by atoms with Crippen LogP contribution in [-0.4, -0.2) is 83.2 Å². The van der Waals surface area contributed by atoms with E-state index in [-0.39, 0.29) is 35.0 Å². The predicted octanol–water partition coefficient (Wildman–Crippen LogP) is 7.78. The van der Waals surface area contributed by atoms with Gasteiger partial charge < -0.3 is 25.0 Å². The number of hydrogen-bond acceptors (Lipinski definition) is 5. The Balaban J connectivity index is 1.25. The number of dihydropyridines is 1. The molecule has 2 aliphatic carbocycles. The standard InChI is InChI=1S/C39H59ClN4O3/c1-37(2,3)26-38(4,5)42-36(45)44(23-27-12-15-29(40)16-13-27)30-18-21-43(24-30)20-9-11-31-32-10-8-19-41-34(32)25-47-35-17-14-28(22-33(31)35)39(6,7)46/h8,10,12,14-15,17,19,28,30-32,34,46H,9,11,13,16,18,20-26H2,1-7H3,(H,42,45)/t28?,30-,31?,32?,34?/m0/s1. The van der Waals surface area contributed by atoms with Crippen LogP contribution >= 0.6 is 11.6 Å². The van der Waals surface area contributed by atoms with Gasteiger partial charge in [0.2, 0.25) is 0 Å². The molecule has 0 aromatic carbocycles. The van der Waals surface area contributed by atoms with E-state index in [1.807, 2.05) is 26.1 Å². The average molecular weight is 667 g/mol. The second-order valence-corrected chi connectivity index (χ2v) is 17.4. The van der Waals surface area contributed by atoms with E-state index in [1.165, 1.54) is 11.1 Å². The van der Waals surface area contributed by atoms with Crippen molar-refractivity contribution in [2.45, 2.75) is 117 Å². The fourth-order valence-electron chi connectivity index (χ4n) is 8.48. The number of aliphatic hydroxyl groups is 1. The fraction of sp³-hybridized carbons (Fsp3) is 0.692. The Morgan fingerprint density at radius 1 is 1.15 bits per heavy atom. The number of carbonyl (C=O) groups is 1. The van der Waals surface area contributed by atoms with Crippen LogP contribution in [0.2, 0.25) is 0 Å². The zero-order valence-corrected chi connectivity index (χ0v) is 30.7. The number of rotatable bonds is 10. The summed E-state index contributed by atoms with van der Waals surface area (Å²) >= 11 is 6.27. The number of hydrogen-bond donors (Lipinski definition) is 2. The molecule has 0 saturated carbocycles. The van der Waals surface area contributed by atoms with Gasteiger partial charge in [0.25, 0.3) is 0 Å². The Kier molecular flexibility index (Phi) is 11.2. The molecule has 0 radical (unpaired) electrons. The van der Waals surface area contributed by atoms with Crippen molar-refractivity contribution < 1.29 is 14.6 Å². The smallest absolute Gasteiger partial charge is 0.318 e. The Bertz CT molecular complexity index is 1330. The SMILES string of the molecule is CC(C)(C)CC(C)(C)NC(=O)N(CC1=CC=C(Cl)CC1)[C@H]1CCN(CCCC2C3=C(C=CC(C(C)(C)O)C3)OCC3N=CC=CC32)C1. The quantitative estimate of drug-likeness (QED) is 0.250. The molecule has 2 amide bonds. The van der Waals surface area contributed by atoms with Crippen molar-refractivity contribution in [2.75, 3.05) is 32.8 Å². The molecule has 1 fully saturated rings. The van der Waals surface area contributed by atoms with Crippen molar-refractivity contribution in [2.24, 2.45) is 28.2 Å². The molecular formula is C39H59ClN4O3. The third-order valence-corrected chi connectivity index (χ3v) is 10.8. The van der Waals surface area contributed by atoms with E-state index in [4.69, 9.17) is 21.3 Å². The molecule has 2 N–H and O–H groups in total. The lowest BCUT2D eigenvalue weighted by atomic mass is 9.72.